The molecule has 1 heterocycles. The molecule has 1 saturated heterocycles. The minimum atomic E-state index is -0.883. The predicted molar refractivity (Wildman–Crippen MR) is 169 cm³/mol. The first-order chi connectivity index (χ1) is 20.6. The zero-order valence-electron chi connectivity index (χ0n) is 27.4. The SMILES string of the molecule is COc1ccc(/C=C/c2cc(OC)c(OC)c(OC)c2)cc1NC(=O)[C@@H](NC(=O)OC1CC(C)(C)N([O])C(C)(C)C1)C(C)C. The highest BCUT2D eigenvalue weighted by Gasteiger charge is 2.47. The molecule has 2 aromatic carbocycles. The van der Waals surface area contributed by atoms with Crippen molar-refractivity contribution in [2.24, 2.45) is 5.92 Å². The van der Waals surface area contributed by atoms with Gasteiger partial charge in [-0.25, -0.2) is 4.79 Å². The number of hydrogen-bond acceptors (Lipinski definition) is 8. The molecule has 0 spiro atoms. The fraction of sp³-hybridized carbons (Fsp3) is 0.515. The summed E-state index contributed by atoms with van der Waals surface area (Å²) in [5, 5.41) is 19.4. The zero-order chi connectivity index (χ0) is 32.8. The van der Waals surface area contributed by atoms with E-state index in [2.05, 4.69) is 10.6 Å². The maximum Gasteiger partial charge on any atom is 0.408 e. The average Bonchev–Trinajstić information content (AvgIpc) is 2.96. The number of carbonyl (C=O) groups excluding carboxylic acids is 2. The quantitative estimate of drug-likeness (QED) is 0.298. The van der Waals surface area contributed by atoms with Gasteiger partial charge < -0.3 is 34.3 Å². The number of hydrogen-bond donors (Lipinski definition) is 2. The molecule has 0 aliphatic carbocycles. The van der Waals surface area contributed by atoms with Crippen LogP contribution in [-0.4, -0.2) is 68.7 Å². The van der Waals surface area contributed by atoms with Crippen LogP contribution < -0.4 is 29.6 Å². The maximum absolute atomic E-state index is 13.4. The molecular formula is C33H46N3O8. The third-order valence-corrected chi connectivity index (χ3v) is 7.69. The molecule has 44 heavy (non-hydrogen) atoms. The van der Waals surface area contributed by atoms with E-state index in [4.69, 9.17) is 23.7 Å². The number of alkyl carbamates (subject to hydrolysis) is 1. The highest BCUT2D eigenvalue weighted by molar-refractivity contribution is 5.98. The summed E-state index contributed by atoms with van der Waals surface area (Å²) in [6, 6.07) is 8.16. The monoisotopic (exact) mass is 612 g/mol. The van der Waals surface area contributed by atoms with Gasteiger partial charge in [0.2, 0.25) is 11.7 Å². The van der Waals surface area contributed by atoms with Gasteiger partial charge in [-0.2, -0.15) is 0 Å². The van der Waals surface area contributed by atoms with Crippen LogP contribution in [0.3, 0.4) is 0 Å². The number of anilines is 1. The molecule has 3 rings (SSSR count). The summed E-state index contributed by atoms with van der Waals surface area (Å²) in [6.45, 7) is 11.0. The number of amides is 2. The number of ether oxygens (including phenoxy) is 5. The second-order valence-electron chi connectivity index (χ2n) is 12.5. The predicted octanol–water partition coefficient (Wildman–Crippen LogP) is 5.95. The summed E-state index contributed by atoms with van der Waals surface area (Å²) in [5.74, 6) is 1.36. The molecule has 2 N–H and O–H groups in total. The number of nitrogens with zero attached hydrogens (tertiary/aromatic N) is 1. The molecule has 0 saturated carbocycles. The van der Waals surface area contributed by atoms with Gasteiger partial charge >= 0.3 is 6.09 Å². The number of rotatable bonds is 11. The lowest BCUT2D eigenvalue weighted by Gasteiger charge is -2.49. The van der Waals surface area contributed by atoms with E-state index in [0.717, 1.165) is 16.2 Å². The van der Waals surface area contributed by atoms with Gasteiger partial charge in [0.05, 0.1) is 34.1 Å². The fourth-order valence-corrected chi connectivity index (χ4v) is 5.63. The molecule has 2 aromatic rings. The van der Waals surface area contributed by atoms with Gasteiger partial charge in [-0.1, -0.05) is 32.1 Å². The van der Waals surface area contributed by atoms with E-state index in [1.807, 2.05) is 71.9 Å². The van der Waals surface area contributed by atoms with Crippen LogP contribution in [0, 0.1) is 5.92 Å². The van der Waals surface area contributed by atoms with Crippen LogP contribution in [0.5, 0.6) is 23.0 Å². The van der Waals surface area contributed by atoms with Crippen molar-refractivity contribution in [3.05, 3.63) is 41.5 Å². The number of carbonyl (C=O) groups is 2. The molecular weight excluding hydrogens is 566 g/mol. The topological polar surface area (TPSA) is 127 Å². The molecule has 11 heteroatoms. The van der Waals surface area contributed by atoms with E-state index in [9.17, 15) is 14.8 Å². The molecule has 2 amide bonds. The number of benzene rings is 2. The Morgan fingerprint density at radius 1 is 0.841 bits per heavy atom. The Labute approximate surface area is 260 Å². The van der Waals surface area contributed by atoms with Crippen LogP contribution in [0.2, 0.25) is 0 Å². The third kappa shape index (κ3) is 8.15. The first-order valence-corrected chi connectivity index (χ1v) is 14.6. The lowest BCUT2D eigenvalue weighted by Crippen LogP contribution is -2.60. The van der Waals surface area contributed by atoms with Crippen molar-refractivity contribution in [3.63, 3.8) is 0 Å². The van der Waals surface area contributed by atoms with Crippen LogP contribution in [0.1, 0.15) is 65.5 Å². The molecule has 1 atom stereocenters. The van der Waals surface area contributed by atoms with Crippen molar-refractivity contribution in [2.45, 2.75) is 77.6 Å². The van der Waals surface area contributed by atoms with Gasteiger partial charge in [0.1, 0.15) is 17.9 Å². The Kier molecular flexibility index (Phi) is 11.2. The third-order valence-electron chi connectivity index (χ3n) is 7.69. The fourth-order valence-electron chi connectivity index (χ4n) is 5.63. The minimum Gasteiger partial charge on any atom is -0.495 e. The molecule has 0 bridgehead atoms. The Morgan fingerprint density at radius 3 is 1.89 bits per heavy atom. The molecule has 0 unspecified atom stereocenters. The van der Waals surface area contributed by atoms with Gasteiger partial charge in [-0.15, -0.1) is 10.3 Å². The van der Waals surface area contributed by atoms with Crippen molar-refractivity contribution >= 4 is 29.8 Å². The van der Waals surface area contributed by atoms with Crippen molar-refractivity contribution in [3.8, 4) is 23.0 Å². The summed E-state index contributed by atoms with van der Waals surface area (Å²) >= 11 is 0. The highest BCUT2D eigenvalue weighted by atomic mass is 16.6. The molecule has 11 nitrogen and oxygen atoms in total. The first-order valence-electron chi connectivity index (χ1n) is 14.6. The van der Waals surface area contributed by atoms with Gasteiger partial charge in [0.25, 0.3) is 0 Å². The van der Waals surface area contributed by atoms with Crippen LogP contribution in [0.4, 0.5) is 10.5 Å². The van der Waals surface area contributed by atoms with E-state index in [0.29, 0.717) is 41.5 Å². The summed E-state index contributed by atoms with van der Waals surface area (Å²) in [4.78, 5) is 26.4. The summed E-state index contributed by atoms with van der Waals surface area (Å²) in [7, 11) is 6.18. The molecule has 1 aliphatic rings. The highest BCUT2D eigenvalue weighted by Crippen LogP contribution is 2.39. The Bertz CT molecular complexity index is 1310. The molecule has 241 valence electrons. The van der Waals surface area contributed by atoms with E-state index in [-0.39, 0.29) is 5.92 Å². The van der Waals surface area contributed by atoms with Crippen LogP contribution in [0.25, 0.3) is 12.2 Å². The number of methoxy groups -OCH3 is 4. The average molecular weight is 613 g/mol. The molecule has 0 aromatic heterocycles. The Hall–Kier alpha value is -3.96. The summed E-state index contributed by atoms with van der Waals surface area (Å²) < 4.78 is 27.5. The molecule has 1 fully saturated rings. The Morgan fingerprint density at radius 2 is 1.39 bits per heavy atom. The van der Waals surface area contributed by atoms with Gasteiger partial charge in [0.15, 0.2) is 11.5 Å². The van der Waals surface area contributed by atoms with Crippen molar-refractivity contribution in [1.82, 2.24) is 10.4 Å². The van der Waals surface area contributed by atoms with E-state index in [1.54, 1.807) is 33.5 Å². The lowest BCUT2D eigenvalue weighted by atomic mass is 9.80. The van der Waals surface area contributed by atoms with E-state index in [1.165, 1.54) is 7.11 Å². The van der Waals surface area contributed by atoms with Crippen molar-refractivity contribution in [2.75, 3.05) is 33.8 Å². The Balaban J connectivity index is 1.76. The first kappa shape index (κ1) is 34.5. The lowest BCUT2D eigenvalue weighted by molar-refractivity contribution is -0.298. The smallest absolute Gasteiger partial charge is 0.408 e. The van der Waals surface area contributed by atoms with E-state index < -0.39 is 35.2 Å². The van der Waals surface area contributed by atoms with Gasteiger partial charge in [-0.3, -0.25) is 4.79 Å². The van der Waals surface area contributed by atoms with Gasteiger partial charge in [0, 0.05) is 23.9 Å². The van der Waals surface area contributed by atoms with Crippen molar-refractivity contribution in [1.29, 1.82) is 0 Å². The number of hydroxylamine groups is 2. The zero-order valence-corrected chi connectivity index (χ0v) is 27.4. The number of nitrogens with one attached hydrogen (secondary N) is 2. The second-order valence-corrected chi connectivity index (χ2v) is 12.5. The van der Waals surface area contributed by atoms with Crippen LogP contribution in [-0.2, 0) is 14.7 Å². The molecule has 1 radical (unpaired) electrons. The van der Waals surface area contributed by atoms with E-state index >= 15 is 0 Å². The normalized spacial score (nSPS) is 17.2. The molecule has 1 aliphatic heterocycles. The second kappa shape index (κ2) is 14.2. The summed E-state index contributed by atoms with van der Waals surface area (Å²) in [6.07, 6.45) is 3.37. The van der Waals surface area contributed by atoms with Crippen molar-refractivity contribution < 1.29 is 38.5 Å². The largest absolute Gasteiger partial charge is 0.495 e. The maximum atomic E-state index is 13.4. The summed E-state index contributed by atoms with van der Waals surface area (Å²) in [5.41, 5.74) is 0.665. The standard InChI is InChI=1S/C33H46N3O8/c1-20(2)28(35-31(38)44-23-18-32(3,4)36(39)33(5,6)19-23)30(37)34-24-15-21(13-14-25(24)40-7)11-12-22-16-26(41-8)29(43-10)27(17-22)42-9/h11-17,20,23,28H,18-19H2,1-10H3,(H,34,37)(H,35,38)/b12-11+/t28-/m0/s1. The van der Waals surface area contributed by atoms with Gasteiger partial charge in [-0.05, 0) is 69.0 Å². The number of piperidine rings is 1. The van der Waals surface area contributed by atoms with Crippen LogP contribution >= 0.6 is 0 Å². The minimum absolute atomic E-state index is 0.243. The van der Waals surface area contributed by atoms with Crippen LogP contribution in [0.15, 0.2) is 30.3 Å².